The van der Waals surface area contributed by atoms with Crippen molar-refractivity contribution >= 4 is 23.5 Å². The monoisotopic (exact) mass is 428 g/mol. The van der Waals surface area contributed by atoms with Gasteiger partial charge < -0.3 is 19.5 Å². The molecule has 3 fully saturated rings. The van der Waals surface area contributed by atoms with E-state index < -0.39 is 0 Å². The number of aromatic nitrogens is 2. The second-order valence-corrected chi connectivity index (χ2v) is 9.19. The van der Waals surface area contributed by atoms with Crippen molar-refractivity contribution in [1.29, 1.82) is 0 Å². The Morgan fingerprint density at radius 2 is 2.10 bits per heavy atom. The predicted molar refractivity (Wildman–Crippen MR) is 117 cm³/mol. The maximum atomic E-state index is 12.7. The molecule has 0 aromatic carbocycles. The number of amides is 1. The molecular weight excluding hydrogens is 400 g/mol. The summed E-state index contributed by atoms with van der Waals surface area (Å²) in [6, 6.07) is 6.22. The van der Waals surface area contributed by atoms with Crippen LogP contribution >= 0.6 is 11.8 Å². The van der Waals surface area contributed by atoms with Gasteiger partial charge in [-0.1, -0.05) is 6.07 Å². The molecule has 2 aromatic rings. The van der Waals surface area contributed by atoms with Crippen molar-refractivity contribution in [2.24, 2.45) is 0 Å². The Labute approximate surface area is 181 Å². The van der Waals surface area contributed by atoms with Crippen LogP contribution in [0.2, 0.25) is 0 Å². The van der Waals surface area contributed by atoms with E-state index in [4.69, 9.17) is 4.42 Å². The smallest absolute Gasteiger partial charge is 0.240 e. The number of nitrogens with one attached hydrogen (secondary N) is 1. The number of piperazine rings is 1. The number of thioether (sulfide) groups is 1. The lowest BCUT2D eigenvalue weighted by atomic mass is 10.1. The summed E-state index contributed by atoms with van der Waals surface area (Å²) in [7, 11) is 0. The molecule has 5 rings (SSSR count). The average Bonchev–Trinajstić information content (AvgIpc) is 3.55. The number of hydrogen-bond donors (Lipinski definition) is 1. The topological polar surface area (TPSA) is 77.7 Å². The molecule has 0 aliphatic carbocycles. The molecule has 0 radical (unpaired) electrons. The van der Waals surface area contributed by atoms with Crippen molar-refractivity contribution in [3.05, 3.63) is 30.3 Å². The Kier molecular flexibility index (Phi) is 5.66. The van der Waals surface area contributed by atoms with Gasteiger partial charge in [0.15, 0.2) is 17.5 Å². The summed E-state index contributed by atoms with van der Waals surface area (Å²) in [6.07, 6.45) is 2.68. The van der Waals surface area contributed by atoms with E-state index in [1.54, 1.807) is 6.20 Å². The maximum Gasteiger partial charge on any atom is 0.240 e. The minimum atomic E-state index is -0.0272. The molecule has 3 saturated heterocycles. The molecule has 3 aliphatic heterocycles. The van der Waals surface area contributed by atoms with E-state index >= 15 is 0 Å². The summed E-state index contributed by atoms with van der Waals surface area (Å²) in [6.45, 7) is 7.36. The lowest BCUT2D eigenvalue weighted by molar-refractivity contribution is -0.131. The normalized spacial score (nSPS) is 25.2. The van der Waals surface area contributed by atoms with Crippen molar-refractivity contribution < 1.29 is 9.21 Å². The van der Waals surface area contributed by atoms with Crippen LogP contribution in [0.4, 0.5) is 5.82 Å². The molecule has 9 heteroatoms. The highest BCUT2D eigenvalue weighted by Gasteiger charge is 2.37. The number of pyridine rings is 1. The Morgan fingerprint density at radius 3 is 2.83 bits per heavy atom. The molecule has 1 amide bonds. The van der Waals surface area contributed by atoms with Gasteiger partial charge in [-0.15, -0.1) is 11.8 Å². The molecule has 160 valence electrons. The Balaban J connectivity index is 1.20. The zero-order chi connectivity index (χ0) is 20.5. The third-order valence-electron chi connectivity index (χ3n) is 6.21. The molecule has 0 bridgehead atoms. The summed E-state index contributed by atoms with van der Waals surface area (Å²) in [5.74, 6) is 4.48. The highest BCUT2D eigenvalue weighted by molar-refractivity contribution is 7.99. The highest BCUT2D eigenvalue weighted by atomic mass is 32.2. The van der Waals surface area contributed by atoms with Gasteiger partial charge in [-0.3, -0.25) is 14.7 Å². The molecule has 1 N–H and O–H groups in total. The lowest BCUT2D eigenvalue weighted by Crippen LogP contribution is -2.51. The number of oxazole rings is 1. The molecule has 30 heavy (non-hydrogen) atoms. The average molecular weight is 429 g/mol. The van der Waals surface area contributed by atoms with Gasteiger partial charge in [0.25, 0.3) is 0 Å². The van der Waals surface area contributed by atoms with Gasteiger partial charge in [-0.2, -0.15) is 4.98 Å². The first-order valence-electron chi connectivity index (χ1n) is 10.7. The van der Waals surface area contributed by atoms with Gasteiger partial charge in [0, 0.05) is 64.2 Å². The second-order valence-electron chi connectivity index (χ2n) is 8.11. The predicted octanol–water partition coefficient (Wildman–Crippen LogP) is 1.43. The summed E-state index contributed by atoms with van der Waals surface area (Å²) < 4.78 is 5.89. The first kappa shape index (κ1) is 19.8. The third kappa shape index (κ3) is 3.93. The van der Waals surface area contributed by atoms with Gasteiger partial charge >= 0.3 is 0 Å². The van der Waals surface area contributed by atoms with Crippen LogP contribution in [0, 0.1) is 6.92 Å². The van der Waals surface area contributed by atoms with Crippen molar-refractivity contribution in [3.8, 4) is 11.5 Å². The molecule has 3 aliphatic rings. The standard InChI is InChI=1S/C21H28N6O2S/c1-15-24-20(19(29-15)17-4-2-3-5-22-17)26-8-6-25(7-9-26)16-12-18(23-13-16)21(28)27-10-11-30-14-27/h2-5,16,18,23H,6-14H2,1H3/t16-,18-/m0/s1. The summed E-state index contributed by atoms with van der Waals surface area (Å²) in [5, 5.41) is 3.47. The minimum Gasteiger partial charge on any atom is -0.437 e. The summed E-state index contributed by atoms with van der Waals surface area (Å²) >= 11 is 1.84. The molecule has 8 nitrogen and oxygen atoms in total. The van der Waals surface area contributed by atoms with E-state index in [1.165, 1.54) is 0 Å². The van der Waals surface area contributed by atoms with E-state index in [-0.39, 0.29) is 11.9 Å². The van der Waals surface area contributed by atoms with Crippen LogP contribution in [-0.2, 0) is 4.79 Å². The largest absolute Gasteiger partial charge is 0.437 e. The fourth-order valence-corrected chi connectivity index (χ4v) is 5.54. The van der Waals surface area contributed by atoms with Gasteiger partial charge in [-0.25, -0.2) is 0 Å². The van der Waals surface area contributed by atoms with Crippen LogP contribution < -0.4 is 10.2 Å². The van der Waals surface area contributed by atoms with Crippen LogP contribution in [0.1, 0.15) is 12.3 Å². The fourth-order valence-electron chi connectivity index (χ4n) is 4.58. The van der Waals surface area contributed by atoms with Crippen molar-refractivity contribution in [3.63, 3.8) is 0 Å². The Bertz CT molecular complexity index is 877. The molecule has 2 aromatic heterocycles. The van der Waals surface area contributed by atoms with Gasteiger partial charge in [-0.05, 0) is 18.6 Å². The quantitative estimate of drug-likeness (QED) is 0.784. The van der Waals surface area contributed by atoms with Crippen molar-refractivity contribution in [1.82, 2.24) is 25.1 Å². The Hall–Kier alpha value is -2.10. The molecule has 2 atom stereocenters. The molecule has 5 heterocycles. The number of carbonyl (C=O) groups excluding carboxylic acids is 1. The third-order valence-corrected chi connectivity index (χ3v) is 7.18. The van der Waals surface area contributed by atoms with Crippen LogP contribution in [-0.4, -0.2) is 88.7 Å². The minimum absolute atomic E-state index is 0.0272. The number of nitrogens with zero attached hydrogens (tertiary/aromatic N) is 5. The van der Waals surface area contributed by atoms with Crippen LogP contribution in [0.25, 0.3) is 11.5 Å². The van der Waals surface area contributed by atoms with Crippen molar-refractivity contribution in [2.45, 2.75) is 25.4 Å². The van der Waals surface area contributed by atoms with E-state index in [2.05, 4.69) is 25.1 Å². The van der Waals surface area contributed by atoms with Crippen LogP contribution in [0.5, 0.6) is 0 Å². The fraction of sp³-hybridized carbons (Fsp3) is 0.571. The van der Waals surface area contributed by atoms with E-state index in [9.17, 15) is 4.79 Å². The molecule has 0 saturated carbocycles. The zero-order valence-corrected chi connectivity index (χ0v) is 18.1. The summed E-state index contributed by atoms with van der Waals surface area (Å²) in [4.78, 5) is 28.6. The number of aryl methyl sites for hydroxylation is 1. The highest BCUT2D eigenvalue weighted by Crippen LogP contribution is 2.31. The molecule has 0 unspecified atom stereocenters. The Morgan fingerprint density at radius 1 is 1.23 bits per heavy atom. The number of anilines is 1. The first-order valence-corrected chi connectivity index (χ1v) is 11.8. The lowest BCUT2D eigenvalue weighted by Gasteiger charge is -2.38. The van der Waals surface area contributed by atoms with Gasteiger partial charge in [0.05, 0.1) is 11.9 Å². The van der Waals surface area contributed by atoms with E-state index in [0.717, 1.165) is 74.6 Å². The van der Waals surface area contributed by atoms with Gasteiger partial charge in [0.2, 0.25) is 5.91 Å². The number of hydrogen-bond acceptors (Lipinski definition) is 8. The maximum absolute atomic E-state index is 12.7. The molecule has 0 spiro atoms. The van der Waals surface area contributed by atoms with Crippen LogP contribution in [0.15, 0.2) is 28.8 Å². The van der Waals surface area contributed by atoms with Crippen LogP contribution in [0.3, 0.4) is 0 Å². The first-order chi connectivity index (χ1) is 14.7. The van der Waals surface area contributed by atoms with Crippen molar-refractivity contribution in [2.75, 3.05) is 55.8 Å². The molecular formula is C21H28N6O2S. The summed E-state index contributed by atoms with van der Waals surface area (Å²) in [5.41, 5.74) is 0.817. The second kappa shape index (κ2) is 8.56. The number of rotatable bonds is 4. The van der Waals surface area contributed by atoms with E-state index in [0.29, 0.717) is 11.9 Å². The number of carbonyl (C=O) groups is 1. The van der Waals surface area contributed by atoms with E-state index in [1.807, 2.05) is 41.8 Å². The SMILES string of the molecule is Cc1nc(N2CCN([C@@H]3CN[C@H](C(=O)N4CCSC4)C3)CC2)c(-c2ccccn2)o1. The van der Waals surface area contributed by atoms with Gasteiger partial charge in [0.1, 0.15) is 5.69 Å². The zero-order valence-electron chi connectivity index (χ0n) is 17.3.